The second-order valence-electron chi connectivity index (χ2n) is 13.9. The summed E-state index contributed by atoms with van der Waals surface area (Å²) < 4.78 is 33.8. The lowest BCUT2D eigenvalue weighted by molar-refractivity contribution is -0.143. The normalized spacial score (nSPS) is 23.3. The smallest absolute Gasteiger partial charge is 0.264 e. The molecular formula is C35H44N4O5S. The third-order valence-corrected chi connectivity index (χ3v) is 11.2. The quantitative estimate of drug-likeness (QED) is 0.369. The molecule has 45 heavy (non-hydrogen) atoms. The zero-order valence-corrected chi connectivity index (χ0v) is 27.4. The summed E-state index contributed by atoms with van der Waals surface area (Å²) in [6.07, 6.45) is 10.5. The van der Waals surface area contributed by atoms with Gasteiger partial charge in [0.15, 0.2) is 0 Å². The number of nitrogens with zero attached hydrogens (tertiary/aromatic N) is 3. The Kier molecular flexibility index (Phi) is 7.71. The molecule has 2 aliphatic heterocycles. The van der Waals surface area contributed by atoms with E-state index >= 15 is 0 Å². The summed E-state index contributed by atoms with van der Waals surface area (Å²) in [4.78, 5) is 32.2. The lowest BCUT2D eigenvalue weighted by atomic mass is 9.81. The molecule has 2 saturated carbocycles. The van der Waals surface area contributed by atoms with Gasteiger partial charge in [-0.1, -0.05) is 25.3 Å². The maximum absolute atomic E-state index is 14.5. The van der Waals surface area contributed by atoms with Gasteiger partial charge in [-0.3, -0.25) is 9.59 Å². The zero-order chi connectivity index (χ0) is 31.5. The van der Waals surface area contributed by atoms with Crippen molar-refractivity contribution < 1.29 is 22.7 Å². The number of ether oxygens (including phenoxy) is 1. The highest BCUT2D eigenvalue weighted by Gasteiger charge is 2.56. The van der Waals surface area contributed by atoms with Crippen molar-refractivity contribution >= 4 is 32.7 Å². The molecule has 0 spiro atoms. The number of piperazine rings is 1. The highest BCUT2D eigenvalue weighted by Crippen LogP contribution is 2.53. The molecule has 1 aromatic heterocycles. The number of fused-ring (bicyclic) bond motifs is 3. The highest BCUT2D eigenvalue weighted by molar-refractivity contribution is 7.89. The Balaban J connectivity index is 1.38. The minimum absolute atomic E-state index is 0.269. The average molecular weight is 633 g/mol. The predicted molar refractivity (Wildman–Crippen MR) is 175 cm³/mol. The van der Waals surface area contributed by atoms with Gasteiger partial charge in [0.25, 0.3) is 5.91 Å². The van der Waals surface area contributed by atoms with Crippen LogP contribution >= 0.6 is 0 Å². The molecule has 2 atom stereocenters. The van der Waals surface area contributed by atoms with Crippen LogP contribution in [0.5, 0.6) is 5.75 Å². The first kappa shape index (κ1) is 30.3. The first-order chi connectivity index (χ1) is 21.6. The average Bonchev–Trinajstić information content (AvgIpc) is 3.67. The number of sulfonamides is 1. The first-order valence-corrected chi connectivity index (χ1v) is 18.3. The van der Waals surface area contributed by atoms with Gasteiger partial charge in [-0.2, -0.15) is 0 Å². The van der Waals surface area contributed by atoms with E-state index < -0.39 is 21.3 Å². The Labute approximate surface area is 265 Å². The number of rotatable bonds is 8. The number of hydrogen-bond donors (Lipinski definition) is 1. The molecule has 240 valence electrons. The van der Waals surface area contributed by atoms with Crippen LogP contribution in [0.4, 0.5) is 0 Å². The van der Waals surface area contributed by atoms with Crippen molar-refractivity contribution in [3.8, 4) is 17.0 Å². The van der Waals surface area contributed by atoms with Crippen LogP contribution in [-0.2, 0) is 21.4 Å². The van der Waals surface area contributed by atoms with E-state index in [0.29, 0.717) is 12.5 Å². The monoisotopic (exact) mass is 632 g/mol. The number of methoxy groups -OCH3 is 1. The predicted octanol–water partition coefficient (Wildman–Crippen LogP) is 5.14. The van der Waals surface area contributed by atoms with Gasteiger partial charge in [-0.15, -0.1) is 0 Å². The van der Waals surface area contributed by atoms with E-state index in [9.17, 15) is 18.0 Å². The minimum atomic E-state index is -3.73. The van der Waals surface area contributed by atoms with Crippen LogP contribution in [0.3, 0.4) is 0 Å². The van der Waals surface area contributed by atoms with E-state index in [2.05, 4.69) is 38.3 Å². The number of likely N-dealkylation sites (tertiary alicyclic amines) is 1. The van der Waals surface area contributed by atoms with E-state index in [0.717, 1.165) is 85.8 Å². The van der Waals surface area contributed by atoms with Crippen molar-refractivity contribution in [3.63, 3.8) is 0 Å². The summed E-state index contributed by atoms with van der Waals surface area (Å²) >= 11 is 0. The van der Waals surface area contributed by atoms with Gasteiger partial charge in [0, 0.05) is 48.2 Å². The van der Waals surface area contributed by atoms with Crippen molar-refractivity contribution in [2.45, 2.75) is 82.3 Å². The standard InChI is InChI=1S/C35H44N4O5S/c1-37-20-26-12-13-27(21-37)39(26)34(41)35(17-18-35)22-38-30-19-25(33(40)36-45(3,42)43)11-16-29(30)31(23-7-5-4-6-8-23)32(38)24-9-14-28(44-2)15-10-24/h9-11,14-16,19,23,26-27H,4-8,12-13,17-18,20-22H2,1-3H3,(H,36,40). The molecule has 2 amide bonds. The maximum atomic E-state index is 14.5. The summed E-state index contributed by atoms with van der Waals surface area (Å²) in [7, 11) is 0.0860. The number of benzene rings is 2. The fourth-order valence-corrected chi connectivity index (χ4v) is 8.84. The fraction of sp³-hybridized carbons (Fsp3) is 0.543. The topological polar surface area (TPSA) is 101 Å². The van der Waals surface area contributed by atoms with Crippen LogP contribution in [0, 0.1) is 5.41 Å². The number of hydrogen-bond acceptors (Lipinski definition) is 6. The Morgan fingerprint density at radius 2 is 1.62 bits per heavy atom. The van der Waals surface area contributed by atoms with Crippen LogP contribution < -0.4 is 9.46 Å². The highest BCUT2D eigenvalue weighted by atomic mass is 32.2. The fourth-order valence-electron chi connectivity index (χ4n) is 8.39. The van der Waals surface area contributed by atoms with Crippen molar-refractivity contribution in [3.05, 3.63) is 53.6 Å². The van der Waals surface area contributed by atoms with Crippen molar-refractivity contribution in [2.24, 2.45) is 5.41 Å². The Bertz CT molecular complexity index is 1720. The molecule has 4 fully saturated rings. The number of aromatic nitrogens is 1. The summed E-state index contributed by atoms with van der Waals surface area (Å²) in [5, 5.41) is 1.08. The second-order valence-corrected chi connectivity index (χ2v) is 15.7. The van der Waals surface area contributed by atoms with Gasteiger partial charge in [0.1, 0.15) is 5.75 Å². The van der Waals surface area contributed by atoms with Crippen LogP contribution in [0.15, 0.2) is 42.5 Å². The molecule has 2 bridgehead atoms. The summed E-state index contributed by atoms with van der Waals surface area (Å²) in [5.41, 5.74) is 4.10. The molecule has 2 unspecified atom stereocenters. The van der Waals surface area contributed by atoms with Gasteiger partial charge in [0.2, 0.25) is 15.9 Å². The Hall–Kier alpha value is -3.37. The molecular weight excluding hydrogens is 588 g/mol. The molecule has 7 rings (SSSR count). The van der Waals surface area contributed by atoms with Gasteiger partial charge < -0.3 is 19.1 Å². The lowest BCUT2D eigenvalue weighted by Gasteiger charge is -2.41. The molecule has 3 aromatic rings. The molecule has 2 aromatic carbocycles. The zero-order valence-electron chi connectivity index (χ0n) is 26.5. The van der Waals surface area contributed by atoms with Gasteiger partial charge in [-0.05, 0) is 99.0 Å². The Morgan fingerprint density at radius 1 is 0.956 bits per heavy atom. The molecule has 2 aliphatic carbocycles. The SMILES string of the molecule is COc1ccc(-c2c(C3CCCCC3)c3ccc(C(=O)NS(C)(=O)=O)cc3n2CC2(C(=O)N3C4CCC3CN(C)C4)CC2)cc1. The first-order valence-electron chi connectivity index (χ1n) is 16.4. The van der Waals surface area contributed by atoms with E-state index in [1.807, 2.05) is 24.3 Å². The summed E-state index contributed by atoms with van der Waals surface area (Å²) in [5.74, 6) is 0.758. The molecule has 1 N–H and O–H groups in total. The van der Waals surface area contributed by atoms with Crippen LogP contribution in [0.2, 0.25) is 0 Å². The Morgan fingerprint density at radius 3 is 2.22 bits per heavy atom. The number of carbonyl (C=O) groups is 2. The van der Waals surface area contributed by atoms with Gasteiger partial charge in [-0.25, -0.2) is 13.1 Å². The van der Waals surface area contributed by atoms with Crippen molar-refractivity contribution in [1.82, 2.24) is 19.1 Å². The van der Waals surface area contributed by atoms with Gasteiger partial charge in [0.05, 0.1) is 24.5 Å². The van der Waals surface area contributed by atoms with Crippen LogP contribution in [0.25, 0.3) is 22.2 Å². The second kappa shape index (κ2) is 11.5. The number of carbonyl (C=O) groups excluding carboxylic acids is 2. The largest absolute Gasteiger partial charge is 0.497 e. The lowest BCUT2D eigenvalue weighted by Crippen LogP contribution is -2.56. The van der Waals surface area contributed by atoms with Crippen LogP contribution in [0.1, 0.15) is 79.6 Å². The third kappa shape index (κ3) is 5.65. The van der Waals surface area contributed by atoms with E-state index in [4.69, 9.17) is 4.74 Å². The number of nitrogens with one attached hydrogen (secondary N) is 1. The molecule has 9 nitrogen and oxygen atoms in total. The maximum Gasteiger partial charge on any atom is 0.264 e. The number of amides is 2. The van der Waals surface area contributed by atoms with Crippen molar-refractivity contribution in [2.75, 3.05) is 33.5 Å². The van der Waals surface area contributed by atoms with Gasteiger partial charge >= 0.3 is 0 Å². The molecule has 10 heteroatoms. The molecule has 0 radical (unpaired) electrons. The molecule has 3 heterocycles. The summed E-state index contributed by atoms with van der Waals surface area (Å²) in [6, 6.07) is 14.2. The summed E-state index contributed by atoms with van der Waals surface area (Å²) in [6.45, 7) is 2.37. The molecule has 4 aliphatic rings. The third-order valence-electron chi connectivity index (χ3n) is 10.7. The minimum Gasteiger partial charge on any atom is -0.497 e. The van der Waals surface area contributed by atoms with Crippen LogP contribution in [-0.4, -0.2) is 80.2 Å². The van der Waals surface area contributed by atoms with E-state index in [1.165, 1.54) is 24.8 Å². The number of likely N-dealkylation sites (N-methyl/N-ethyl adjacent to an activating group) is 1. The van der Waals surface area contributed by atoms with E-state index in [1.54, 1.807) is 13.2 Å². The van der Waals surface area contributed by atoms with Crippen molar-refractivity contribution in [1.29, 1.82) is 0 Å². The van der Waals surface area contributed by atoms with E-state index in [-0.39, 0.29) is 23.6 Å². The molecule has 2 saturated heterocycles.